The molecule has 3 rings (SSSR count). The fourth-order valence-electron chi connectivity index (χ4n) is 2.75. The van der Waals surface area contributed by atoms with Gasteiger partial charge in [0.15, 0.2) is 0 Å². The lowest BCUT2D eigenvalue weighted by molar-refractivity contribution is 0.0539. The van der Waals surface area contributed by atoms with Gasteiger partial charge in [-0.05, 0) is 43.4 Å². The molecule has 1 N–H and O–H groups in total. The van der Waals surface area contributed by atoms with Crippen molar-refractivity contribution in [1.82, 2.24) is 9.88 Å². The number of fused-ring (bicyclic) bond motifs is 1. The molecule has 1 saturated heterocycles. The molecule has 0 saturated carbocycles. The number of likely N-dealkylation sites (N-methyl/N-ethyl adjacent to an activating group) is 1. The monoisotopic (exact) mass is 272 g/mol. The molecule has 0 spiro atoms. The standard InChI is InChI=1S/C16H20N2O2/c1-2-18(11-14-4-3-9-20-14)16(19)13-6-5-12-7-8-17-15(12)10-13/h5-8,10,14,17H,2-4,9,11H2,1H3. The molecular weight excluding hydrogens is 252 g/mol. The normalized spacial score (nSPS) is 18.6. The second-order valence-electron chi connectivity index (χ2n) is 5.26. The number of aromatic nitrogens is 1. The van der Waals surface area contributed by atoms with Crippen molar-refractivity contribution in [2.45, 2.75) is 25.9 Å². The lowest BCUT2D eigenvalue weighted by Gasteiger charge is -2.24. The molecule has 0 radical (unpaired) electrons. The van der Waals surface area contributed by atoms with Gasteiger partial charge in [0.25, 0.3) is 5.91 Å². The highest BCUT2D eigenvalue weighted by molar-refractivity contribution is 5.97. The number of carbonyl (C=O) groups is 1. The van der Waals surface area contributed by atoms with E-state index in [4.69, 9.17) is 4.74 Å². The first-order valence-electron chi connectivity index (χ1n) is 7.26. The second-order valence-corrected chi connectivity index (χ2v) is 5.26. The van der Waals surface area contributed by atoms with Crippen LogP contribution in [0.25, 0.3) is 10.9 Å². The summed E-state index contributed by atoms with van der Waals surface area (Å²) in [7, 11) is 0. The second kappa shape index (κ2) is 5.67. The van der Waals surface area contributed by atoms with Gasteiger partial charge in [-0.2, -0.15) is 0 Å². The molecule has 1 fully saturated rings. The van der Waals surface area contributed by atoms with Crippen LogP contribution < -0.4 is 0 Å². The number of H-pyrrole nitrogens is 1. The third kappa shape index (κ3) is 2.56. The molecule has 0 bridgehead atoms. The van der Waals surface area contributed by atoms with Gasteiger partial charge in [-0.3, -0.25) is 4.79 Å². The van der Waals surface area contributed by atoms with E-state index in [1.807, 2.05) is 42.3 Å². The summed E-state index contributed by atoms with van der Waals surface area (Å²) in [6, 6.07) is 7.82. The Bertz CT molecular complexity index is 599. The van der Waals surface area contributed by atoms with E-state index < -0.39 is 0 Å². The molecule has 1 aromatic heterocycles. The predicted octanol–water partition coefficient (Wildman–Crippen LogP) is 2.81. The molecule has 2 heterocycles. The van der Waals surface area contributed by atoms with E-state index >= 15 is 0 Å². The Kier molecular flexibility index (Phi) is 3.74. The fourth-order valence-corrected chi connectivity index (χ4v) is 2.75. The van der Waals surface area contributed by atoms with Gasteiger partial charge in [-0.15, -0.1) is 0 Å². The first-order chi connectivity index (χ1) is 9.78. The largest absolute Gasteiger partial charge is 0.376 e. The summed E-state index contributed by atoms with van der Waals surface area (Å²) in [6.07, 6.45) is 4.25. The van der Waals surface area contributed by atoms with E-state index in [-0.39, 0.29) is 12.0 Å². The number of hydrogen-bond donors (Lipinski definition) is 1. The highest BCUT2D eigenvalue weighted by Crippen LogP contribution is 2.18. The lowest BCUT2D eigenvalue weighted by atomic mass is 10.1. The van der Waals surface area contributed by atoms with Crippen molar-refractivity contribution in [3.8, 4) is 0 Å². The van der Waals surface area contributed by atoms with Crippen molar-refractivity contribution in [3.63, 3.8) is 0 Å². The van der Waals surface area contributed by atoms with E-state index in [0.717, 1.165) is 35.9 Å². The van der Waals surface area contributed by atoms with Crippen LogP contribution in [-0.2, 0) is 4.74 Å². The number of hydrogen-bond acceptors (Lipinski definition) is 2. The Labute approximate surface area is 118 Å². The van der Waals surface area contributed by atoms with Gasteiger partial charge in [0.2, 0.25) is 0 Å². The smallest absolute Gasteiger partial charge is 0.254 e. The lowest BCUT2D eigenvalue weighted by Crippen LogP contribution is -2.37. The zero-order chi connectivity index (χ0) is 13.9. The van der Waals surface area contributed by atoms with E-state index in [1.165, 1.54) is 0 Å². The highest BCUT2D eigenvalue weighted by atomic mass is 16.5. The van der Waals surface area contributed by atoms with Gasteiger partial charge >= 0.3 is 0 Å². The minimum atomic E-state index is 0.0829. The third-order valence-electron chi connectivity index (χ3n) is 3.92. The average Bonchev–Trinajstić information content (AvgIpc) is 3.14. The summed E-state index contributed by atoms with van der Waals surface area (Å²) >= 11 is 0. The van der Waals surface area contributed by atoms with E-state index in [1.54, 1.807) is 0 Å². The Morgan fingerprint density at radius 3 is 3.10 bits per heavy atom. The molecule has 1 aliphatic rings. The van der Waals surface area contributed by atoms with Crippen molar-refractivity contribution >= 4 is 16.8 Å². The molecule has 1 amide bonds. The summed E-state index contributed by atoms with van der Waals surface area (Å²) in [4.78, 5) is 17.6. The summed E-state index contributed by atoms with van der Waals surface area (Å²) in [5.41, 5.74) is 1.74. The molecule has 4 heteroatoms. The van der Waals surface area contributed by atoms with Crippen LogP contribution in [0.4, 0.5) is 0 Å². The zero-order valence-corrected chi connectivity index (χ0v) is 11.8. The Morgan fingerprint density at radius 1 is 1.45 bits per heavy atom. The van der Waals surface area contributed by atoms with Crippen LogP contribution in [0, 0.1) is 0 Å². The number of ether oxygens (including phenoxy) is 1. The van der Waals surface area contributed by atoms with Crippen molar-refractivity contribution in [2.75, 3.05) is 19.7 Å². The van der Waals surface area contributed by atoms with Gasteiger partial charge in [0.05, 0.1) is 6.10 Å². The predicted molar refractivity (Wildman–Crippen MR) is 78.9 cm³/mol. The molecular formula is C16H20N2O2. The summed E-state index contributed by atoms with van der Waals surface area (Å²) < 4.78 is 5.63. The minimum absolute atomic E-state index is 0.0829. The molecule has 1 atom stereocenters. The number of nitrogens with zero attached hydrogens (tertiary/aromatic N) is 1. The fraction of sp³-hybridized carbons (Fsp3) is 0.438. The van der Waals surface area contributed by atoms with E-state index in [9.17, 15) is 4.79 Å². The SMILES string of the molecule is CCN(CC1CCCO1)C(=O)c1ccc2cc[nH]c2c1. The van der Waals surface area contributed by atoms with Gasteiger partial charge in [0.1, 0.15) is 0 Å². The quantitative estimate of drug-likeness (QED) is 0.930. The average molecular weight is 272 g/mol. The van der Waals surface area contributed by atoms with Crippen LogP contribution >= 0.6 is 0 Å². The van der Waals surface area contributed by atoms with Gasteiger partial charge in [-0.25, -0.2) is 0 Å². The van der Waals surface area contributed by atoms with Crippen molar-refractivity contribution in [3.05, 3.63) is 36.0 Å². The molecule has 1 aliphatic heterocycles. The molecule has 1 unspecified atom stereocenters. The summed E-state index contributed by atoms with van der Waals surface area (Å²) in [5.74, 6) is 0.0829. The summed E-state index contributed by atoms with van der Waals surface area (Å²) in [5, 5.41) is 1.13. The van der Waals surface area contributed by atoms with Crippen LogP contribution in [0.5, 0.6) is 0 Å². The van der Waals surface area contributed by atoms with Gasteiger partial charge < -0.3 is 14.6 Å². The highest BCUT2D eigenvalue weighted by Gasteiger charge is 2.22. The topological polar surface area (TPSA) is 45.3 Å². The molecule has 106 valence electrons. The minimum Gasteiger partial charge on any atom is -0.376 e. The molecule has 2 aromatic rings. The first-order valence-corrected chi connectivity index (χ1v) is 7.26. The summed E-state index contributed by atoms with van der Waals surface area (Å²) in [6.45, 7) is 4.24. The van der Waals surface area contributed by atoms with Gasteiger partial charge in [-0.1, -0.05) is 6.07 Å². The molecule has 20 heavy (non-hydrogen) atoms. The Morgan fingerprint density at radius 2 is 2.35 bits per heavy atom. The first kappa shape index (κ1) is 13.2. The maximum atomic E-state index is 12.6. The van der Waals surface area contributed by atoms with Gasteiger partial charge in [0, 0.05) is 37.0 Å². The Hall–Kier alpha value is -1.81. The number of carbonyl (C=O) groups excluding carboxylic acids is 1. The van der Waals surface area contributed by atoms with Crippen LogP contribution in [0.15, 0.2) is 30.5 Å². The maximum Gasteiger partial charge on any atom is 0.254 e. The number of aromatic amines is 1. The zero-order valence-electron chi connectivity index (χ0n) is 11.8. The van der Waals surface area contributed by atoms with Crippen molar-refractivity contribution < 1.29 is 9.53 Å². The molecule has 0 aliphatic carbocycles. The number of rotatable bonds is 4. The van der Waals surface area contributed by atoms with Crippen LogP contribution in [0.2, 0.25) is 0 Å². The van der Waals surface area contributed by atoms with E-state index in [0.29, 0.717) is 13.1 Å². The van der Waals surface area contributed by atoms with Crippen LogP contribution in [0.1, 0.15) is 30.1 Å². The number of nitrogens with one attached hydrogen (secondary N) is 1. The number of benzene rings is 1. The van der Waals surface area contributed by atoms with E-state index in [2.05, 4.69) is 4.98 Å². The van der Waals surface area contributed by atoms with Crippen LogP contribution in [0.3, 0.4) is 0 Å². The molecule has 4 nitrogen and oxygen atoms in total. The molecule has 1 aromatic carbocycles. The number of amides is 1. The third-order valence-corrected chi connectivity index (χ3v) is 3.92. The van der Waals surface area contributed by atoms with Crippen molar-refractivity contribution in [2.24, 2.45) is 0 Å². The van der Waals surface area contributed by atoms with Crippen molar-refractivity contribution in [1.29, 1.82) is 0 Å². The maximum absolute atomic E-state index is 12.6. The van der Waals surface area contributed by atoms with Crippen LogP contribution in [-0.4, -0.2) is 41.6 Å². The Balaban J connectivity index is 1.77.